The van der Waals surface area contributed by atoms with Crippen LogP contribution < -0.4 is 5.32 Å². The zero-order valence-corrected chi connectivity index (χ0v) is 12.6. The maximum atomic E-state index is 12.2. The maximum Gasteiger partial charge on any atom is 0.323 e. The molecule has 1 aromatic rings. The summed E-state index contributed by atoms with van der Waals surface area (Å²) in [4.78, 5) is 36.0. The van der Waals surface area contributed by atoms with Crippen molar-refractivity contribution >= 4 is 23.5 Å². The minimum atomic E-state index is -1.10. The predicted molar refractivity (Wildman–Crippen MR) is 79.1 cm³/mol. The molecular formula is C15H20N2O4. The first kappa shape index (κ1) is 16.7. The van der Waals surface area contributed by atoms with E-state index in [1.54, 1.807) is 45.0 Å². The molecule has 6 heteroatoms. The highest BCUT2D eigenvalue weighted by Crippen LogP contribution is 2.21. The number of amides is 2. The molecule has 0 aliphatic heterocycles. The van der Waals surface area contributed by atoms with E-state index in [1.807, 2.05) is 0 Å². The molecular weight excluding hydrogens is 272 g/mol. The molecule has 0 spiro atoms. The van der Waals surface area contributed by atoms with Crippen LogP contribution in [0.15, 0.2) is 24.3 Å². The Morgan fingerprint density at radius 3 is 2.29 bits per heavy atom. The highest BCUT2D eigenvalue weighted by molar-refractivity contribution is 6.05. The molecule has 2 N–H and O–H groups in total. The number of benzene rings is 1. The van der Waals surface area contributed by atoms with Crippen LogP contribution in [0, 0.1) is 5.41 Å². The van der Waals surface area contributed by atoms with Gasteiger partial charge < -0.3 is 15.3 Å². The van der Waals surface area contributed by atoms with Gasteiger partial charge in [-0.3, -0.25) is 14.4 Å². The SMILES string of the molecule is CN(CC(=O)O)C(=O)c1ccccc1NC(=O)C(C)(C)C. The molecule has 0 aliphatic carbocycles. The molecule has 0 saturated heterocycles. The number of rotatable bonds is 4. The quantitative estimate of drug-likeness (QED) is 0.886. The van der Waals surface area contributed by atoms with Crippen LogP contribution in [0.3, 0.4) is 0 Å². The number of carboxylic acids is 1. The van der Waals surface area contributed by atoms with Crippen molar-refractivity contribution in [3.63, 3.8) is 0 Å². The standard InChI is InChI=1S/C15H20N2O4/c1-15(2,3)14(21)16-11-8-6-5-7-10(11)13(20)17(4)9-12(18)19/h5-8H,9H2,1-4H3,(H,16,21)(H,18,19). The molecule has 114 valence electrons. The van der Waals surface area contributed by atoms with Crippen molar-refractivity contribution in [1.82, 2.24) is 4.90 Å². The molecule has 1 rings (SSSR count). The number of hydrogen-bond acceptors (Lipinski definition) is 3. The van der Waals surface area contributed by atoms with Crippen LogP contribution in [0.1, 0.15) is 31.1 Å². The Morgan fingerprint density at radius 2 is 1.76 bits per heavy atom. The second kappa shape index (κ2) is 6.39. The summed E-state index contributed by atoms with van der Waals surface area (Å²) >= 11 is 0. The van der Waals surface area contributed by atoms with Crippen molar-refractivity contribution < 1.29 is 19.5 Å². The number of nitrogens with zero attached hydrogens (tertiary/aromatic N) is 1. The molecule has 0 aromatic heterocycles. The average molecular weight is 292 g/mol. The molecule has 21 heavy (non-hydrogen) atoms. The lowest BCUT2D eigenvalue weighted by molar-refractivity contribution is -0.137. The van der Waals surface area contributed by atoms with Crippen LogP contribution >= 0.6 is 0 Å². The third kappa shape index (κ3) is 4.59. The maximum absolute atomic E-state index is 12.2. The number of likely N-dealkylation sites (N-methyl/N-ethyl adjacent to an activating group) is 1. The number of aliphatic carboxylic acids is 1. The van der Waals surface area contributed by atoms with E-state index < -0.39 is 23.8 Å². The van der Waals surface area contributed by atoms with E-state index in [0.717, 1.165) is 4.90 Å². The molecule has 1 aromatic carbocycles. The minimum Gasteiger partial charge on any atom is -0.480 e. The number of para-hydroxylation sites is 1. The lowest BCUT2D eigenvalue weighted by Crippen LogP contribution is -2.33. The van der Waals surface area contributed by atoms with Gasteiger partial charge in [0.15, 0.2) is 0 Å². The van der Waals surface area contributed by atoms with Gasteiger partial charge in [0.1, 0.15) is 6.54 Å². The van der Waals surface area contributed by atoms with Gasteiger partial charge in [-0.15, -0.1) is 0 Å². The molecule has 0 aliphatic rings. The molecule has 2 amide bonds. The number of carbonyl (C=O) groups excluding carboxylic acids is 2. The summed E-state index contributed by atoms with van der Waals surface area (Å²) in [6.07, 6.45) is 0. The molecule has 0 bridgehead atoms. The third-order valence-corrected chi connectivity index (χ3v) is 2.81. The summed E-state index contributed by atoms with van der Waals surface area (Å²) < 4.78 is 0. The predicted octanol–water partition coefficient (Wildman–Crippen LogP) is 1.83. The topological polar surface area (TPSA) is 86.7 Å². The molecule has 0 radical (unpaired) electrons. The zero-order chi connectivity index (χ0) is 16.2. The smallest absolute Gasteiger partial charge is 0.323 e. The van der Waals surface area contributed by atoms with Crippen molar-refractivity contribution in [2.24, 2.45) is 5.41 Å². The van der Waals surface area contributed by atoms with E-state index in [-0.39, 0.29) is 11.5 Å². The second-order valence-electron chi connectivity index (χ2n) is 5.80. The van der Waals surface area contributed by atoms with Gasteiger partial charge in [0.05, 0.1) is 11.3 Å². The van der Waals surface area contributed by atoms with E-state index in [9.17, 15) is 14.4 Å². The van der Waals surface area contributed by atoms with Gasteiger partial charge >= 0.3 is 5.97 Å². The van der Waals surface area contributed by atoms with E-state index in [1.165, 1.54) is 7.05 Å². The average Bonchev–Trinajstić information content (AvgIpc) is 2.36. The Bertz CT molecular complexity index is 561. The van der Waals surface area contributed by atoms with Crippen molar-refractivity contribution in [3.05, 3.63) is 29.8 Å². The van der Waals surface area contributed by atoms with Crippen molar-refractivity contribution in [2.75, 3.05) is 18.9 Å². The highest BCUT2D eigenvalue weighted by atomic mass is 16.4. The van der Waals surface area contributed by atoms with Gasteiger partial charge in [0, 0.05) is 12.5 Å². The third-order valence-electron chi connectivity index (χ3n) is 2.81. The zero-order valence-electron chi connectivity index (χ0n) is 12.6. The molecule has 0 heterocycles. The van der Waals surface area contributed by atoms with Gasteiger partial charge in [-0.05, 0) is 12.1 Å². The Labute approximate surface area is 123 Å². The second-order valence-corrected chi connectivity index (χ2v) is 5.80. The van der Waals surface area contributed by atoms with Crippen LogP contribution in [0.5, 0.6) is 0 Å². The normalized spacial score (nSPS) is 10.9. The Hall–Kier alpha value is -2.37. The monoisotopic (exact) mass is 292 g/mol. The van der Waals surface area contributed by atoms with Crippen LogP contribution in [0.2, 0.25) is 0 Å². The van der Waals surface area contributed by atoms with Crippen LogP contribution in [-0.4, -0.2) is 41.4 Å². The van der Waals surface area contributed by atoms with Crippen molar-refractivity contribution in [1.29, 1.82) is 0 Å². The number of anilines is 1. The molecule has 0 saturated carbocycles. The molecule has 0 unspecified atom stereocenters. The van der Waals surface area contributed by atoms with Crippen LogP contribution in [-0.2, 0) is 9.59 Å². The van der Waals surface area contributed by atoms with E-state index in [0.29, 0.717) is 5.69 Å². The van der Waals surface area contributed by atoms with Gasteiger partial charge in [-0.2, -0.15) is 0 Å². The fourth-order valence-corrected chi connectivity index (χ4v) is 1.57. The fourth-order valence-electron chi connectivity index (χ4n) is 1.57. The van der Waals surface area contributed by atoms with Crippen LogP contribution in [0.25, 0.3) is 0 Å². The first-order chi connectivity index (χ1) is 9.62. The van der Waals surface area contributed by atoms with Crippen LogP contribution in [0.4, 0.5) is 5.69 Å². The lowest BCUT2D eigenvalue weighted by atomic mass is 9.95. The molecule has 0 fully saturated rings. The van der Waals surface area contributed by atoms with E-state index >= 15 is 0 Å². The Kier molecular flexibility index (Phi) is 5.07. The number of hydrogen-bond donors (Lipinski definition) is 2. The first-order valence-corrected chi connectivity index (χ1v) is 6.50. The number of carbonyl (C=O) groups is 3. The minimum absolute atomic E-state index is 0.219. The van der Waals surface area contributed by atoms with Gasteiger partial charge in [-0.25, -0.2) is 0 Å². The van der Waals surface area contributed by atoms with E-state index in [2.05, 4.69) is 5.32 Å². The largest absolute Gasteiger partial charge is 0.480 e. The molecule has 0 atom stereocenters. The van der Waals surface area contributed by atoms with Crippen molar-refractivity contribution in [3.8, 4) is 0 Å². The fraction of sp³-hybridized carbons (Fsp3) is 0.400. The summed E-state index contributed by atoms with van der Waals surface area (Å²) in [5.41, 5.74) is 0.0434. The first-order valence-electron chi connectivity index (χ1n) is 6.50. The number of nitrogens with one attached hydrogen (secondary N) is 1. The Morgan fingerprint density at radius 1 is 1.19 bits per heavy atom. The van der Waals surface area contributed by atoms with E-state index in [4.69, 9.17) is 5.11 Å². The summed E-state index contributed by atoms with van der Waals surface area (Å²) in [6, 6.07) is 6.53. The molecule has 6 nitrogen and oxygen atoms in total. The van der Waals surface area contributed by atoms with Crippen molar-refractivity contribution in [2.45, 2.75) is 20.8 Å². The van der Waals surface area contributed by atoms with Gasteiger partial charge in [0.2, 0.25) is 5.91 Å². The highest BCUT2D eigenvalue weighted by Gasteiger charge is 2.24. The summed E-state index contributed by atoms with van der Waals surface area (Å²) in [5.74, 6) is -1.77. The summed E-state index contributed by atoms with van der Waals surface area (Å²) in [5, 5.41) is 11.4. The Balaban J connectivity index is 3.02. The number of carboxylic acid groups (broad SMARTS) is 1. The lowest BCUT2D eigenvalue weighted by Gasteiger charge is -2.21. The van der Waals surface area contributed by atoms with Gasteiger partial charge in [0.25, 0.3) is 5.91 Å². The van der Waals surface area contributed by atoms with Gasteiger partial charge in [-0.1, -0.05) is 32.9 Å². The summed E-state index contributed by atoms with van der Waals surface area (Å²) in [6.45, 7) is 4.90. The summed E-state index contributed by atoms with van der Waals surface area (Å²) in [7, 11) is 1.40.